The van der Waals surface area contributed by atoms with E-state index >= 15 is 0 Å². The van der Waals surface area contributed by atoms with Crippen LogP contribution in [0.5, 0.6) is 0 Å². The van der Waals surface area contributed by atoms with E-state index in [0.717, 1.165) is 122 Å². The Bertz CT molecular complexity index is 1780. The summed E-state index contributed by atoms with van der Waals surface area (Å²) in [7, 11) is 0. The van der Waals surface area contributed by atoms with Crippen molar-refractivity contribution < 1.29 is 28.6 Å². The number of carbonyl (C=O) groups is 3. The largest absolute Gasteiger partial charge is 0.462 e. The second-order valence-corrected chi connectivity index (χ2v) is 20.6. The minimum Gasteiger partial charge on any atom is -0.462 e. The molecule has 0 amide bonds. The van der Waals surface area contributed by atoms with Gasteiger partial charge in [-0.3, -0.25) is 14.4 Å². The number of hydrogen-bond donors (Lipinski definition) is 0. The van der Waals surface area contributed by atoms with Crippen molar-refractivity contribution in [2.45, 2.75) is 271 Å². The van der Waals surface area contributed by atoms with E-state index in [1.807, 2.05) is 0 Å². The Morgan fingerprint density at radius 2 is 0.506 bits per heavy atom. The van der Waals surface area contributed by atoms with E-state index in [4.69, 9.17) is 14.2 Å². The molecule has 6 heteroatoms. The maximum atomic E-state index is 12.9. The fourth-order valence-corrected chi connectivity index (χ4v) is 8.32. The highest BCUT2D eigenvalue weighted by Gasteiger charge is 2.19. The summed E-state index contributed by atoms with van der Waals surface area (Å²) < 4.78 is 16.8. The van der Waals surface area contributed by atoms with Crippen LogP contribution in [-0.2, 0) is 28.6 Å². The number of allylic oxidation sites excluding steroid dienone is 26. The van der Waals surface area contributed by atoms with Gasteiger partial charge in [-0.25, -0.2) is 0 Å². The summed E-state index contributed by atoms with van der Waals surface area (Å²) in [5.74, 6) is -1.02. The Balaban J connectivity index is 4.59. The van der Waals surface area contributed by atoms with Crippen molar-refractivity contribution in [3.05, 3.63) is 158 Å². The van der Waals surface area contributed by atoms with Crippen LogP contribution in [0.3, 0.4) is 0 Å². The van der Waals surface area contributed by atoms with Crippen LogP contribution < -0.4 is 0 Å². The first kappa shape index (κ1) is 74.0. The zero-order chi connectivity index (χ0) is 57.1. The molecule has 0 spiro atoms. The van der Waals surface area contributed by atoms with Gasteiger partial charge in [0.2, 0.25) is 0 Å². The number of ether oxygens (including phenoxy) is 3. The van der Waals surface area contributed by atoms with Crippen molar-refractivity contribution in [1.29, 1.82) is 0 Å². The fourth-order valence-electron chi connectivity index (χ4n) is 8.32. The molecule has 0 heterocycles. The number of carbonyl (C=O) groups excluding carboxylic acids is 3. The highest BCUT2D eigenvalue weighted by Crippen LogP contribution is 2.15. The molecule has 0 aliphatic rings. The Morgan fingerprint density at radius 3 is 0.823 bits per heavy atom. The summed E-state index contributed by atoms with van der Waals surface area (Å²) in [6.45, 7) is 6.34. The Morgan fingerprint density at radius 1 is 0.266 bits per heavy atom. The fraction of sp³-hybridized carbons (Fsp3) is 0.603. The third-order valence-electron chi connectivity index (χ3n) is 13.0. The molecular formula is C73H116O6. The van der Waals surface area contributed by atoms with Crippen LogP contribution in [0.25, 0.3) is 0 Å². The number of hydrogen-bond acceptors (Lipinski definition) is 6. The summed E-state index contributed by atoms with van der Waals surface area (Å²) in [6, 6.07) is 0. The smallest absolute Gasteiger partial charge is 0.306 e. The van der Waals surface area contributed by atoms with Gasteiger partial charge >= 0.3 is 17.9 Å². The topological polar surface area (TPSA) is 78.9 Å². The van der Waals surface area contributed by atoms with Gasteiger partial charge in [-0.15, -0.1) is 0 Å². The quantitative estimate of drug-likeness (QED) is 0.0261. The molecule has 6 nitrogen and oxygen atoms in total. The van der Waals surface area contributed by atoms with Crippen LogP contribution in [0.2, 0.25) is 0 Å². The van der Waals surface area contributed by atoms with E-state index in [2.05, 4.69) is 179 Å². The molecule has 0 bridgehead atoms. The molecule has 1 atom stereocenters. The maximum Gasteiger partial charge on any atom is 0.306 e. The SMILES string of the molecule is CC/C=C\C/C=C\C/C=C\C/C=C\C/C=C\C/C=C\C/C=C\CCCC(=O)OCC(COC(=O)CCCCCCCCCCCCCCCCCCC)OC(=O)CCCC/C=C\C/C=C\C/C=C\C/C=C\C/C=C\C/C=C\CC. The zero-order valence-corrected chi connectivity index (χ0v) is 50.8. The molecule has 0 aromatic carbocycles. The van der Waals surface area contributed by atoms with Crippen molar-refractivity contribution in [3.8, 4) is 0 Å². The number of esters is 3. The summed E-state index contributed by atoms with van der Waals surface area (Å²) in [5, 5.41) is 0. The molecule has 1 unspecified atom stereocenters. The van der Waals surface area contributed by atoms with Crippen molar-refractivity contribution in [1.82, 2.24) is 0 Å². The first-order valence-corrected chi connectivity index (χ1v) is 32.0. The molecular weight excluding hydrogens is 973 g/mol. The summed E-state index contributed by atoms with van der Waals surface area (Å²) in [6.07, 6.45) is 95.3. The van der Waals surface area contributed by atoms with Gasteiger partial charge in [-0.2, -0.15) is 0 Å². The van der Waals surface area contributed by atoms with Gasteiger partial charge in [0.1, 0.15) is 13.2 Å². The number of rotatable bonds is 56. The lowest BCUT2D eigenvalue weighted by atomic mass is 10.0. The van der Waals surface area contributed by atoms with Gasteiger partial charge in [-0.05, 0) is 122 Å². The predicted molar refractivity (Wildman–Crippen MR) is 343 cm³/mol. The molecule has 0 fully saturated rings. The molecule has 0 radical (unpaired) electrons. The van der Waals surface area contributed by atoms with E-state index in [1.165, 1.54) is 89.9 Å². The predicted octanol–water partition coefficient (Wildman–Crippen LogP) is 22.1. The molecule has 0 aliphatic carbocycles. The Kier molecular flexibility index (Phi) is 61.4. The lowest BCUT2D eigenvalue weighted by Crippen LogP contribution is -2.30. The first-order chi connectivity index (χ1) is 39.0. The van der Waals surface area contributed by atoms with Crippen molar-refractivity contribution in [2.75, 3.05) is 13.2 Å². The summed E-state index contributed by atoms with van der Waals surface area (Å²) in [4.78, 5) is 38.3. The van der Waals surface area contributed by atoms with Gasteiger partial charge in [0.05, 0.1) is 0 Å². The Labute approximate surface area is 486 Å². The average molecular weight is 1090 g/mol. The van der Waals surface area contributed by atoms with Gasteiger partial charge in [0.15, 0.2) is 6.10 Å². The lowest BCUT2D eigenvalue weighted by Gasteiger charge is -2.18. The molecule has 0 rings (SSSR count). The average Bonchev–Trinajstić information content (AvgIpc) is 3.45. The zero-order valence-electron chi connectivity index (χ0n) is 50.8. The van der Waals surface area contributed by atoms with Crippen molar-refractivity contribution >= 4 is 17.9 Å². The molecule has 444 valence electrons. The monoisotopic (exact) mass is 1090 g/mol. The third kappa shape index (κ3) is 63.7. The minimum atomic E-state index is -0.833. The van der Waals surface area contributed by atoms with Crippen LogP contribution in [0, 0.1) is 0 Å². The molecule has 0 saturated heterocycles. The highest BCUT2D eigenvalue weighted by molar-refractivity contribution is 5.71. The van der Waals surface area contributed by atoms with Gasteiger partial charge in [-0.1, -0.05) is 281 Å². The van der Waals surface area contributed by atoms with Crippen molar-refractivity contribution in [3.63, 3.8) is 0 Å². The van der Waals surface area contributed by atoms with E-state index < -0.39 is 6.10 Å². The second-order valence-electron chi connectivity index (χ2n) is 20.6. The van der Waals surface area contributed by atoms with Crippen LogP contribution in [0.15, 0.2) is 158 Å². The van der Waals surface area contributed by atoms with Crippen LogP contribution >= 0.6 is 0 Å². The molecule has 0 N–H and O–H groups in total. The van der Waals surface area contributed by atoms with E-state index in [0.29, 0.717) is 19.3 Å². The van der Waals surface area contributed by atoms with Gasteiger partial charge in [0, 0.05) is 19.3 Å². The van der Waals surface area contributed by atoms with Crippen LogP contribution in [0.1, 0.15) is 265 Å². The van der Waals surface area contributed by atoms with Crippen molar-refractivity contribution in [2.24, 2.45) is 0 Å². The number of unbranched alkanes of at least 4 members (excludes halogenated alkanes) is 19. The van der Waals surface area contributed by atoms with Gasteiger partial charge < -0.3 is 14.2 Å². The first-order valence-electron chi connectivity index (χ1n) is 32.0. The van der Waals surface area contributed by atoms with E-state index in [9.17, 15) is 14.4 Å². The summed E-state index contributed by atoms with van der Waals surface area (Å²) >= 11 is 0. The van der Waals surface area contributed by atoms with E-state index in [-0.39, 0.29) is 44.0 Å². The summed E-state index contributed by atoms with van der Waals surface area (Å²) in [5.41, 5.74) is 0. The third-order valence-corrected chi connectivity index (χ3v) is 13.0. The van der Waals surface area contributed by atoms with E-state index in [1.54, 1.807) is 0 Å². The van der Waals surface area contributed by atoms with Crippen LogP contribution in [0.4, 0.5) is 0 Å². The second kappa shape index (κ2) is 65.5. The minimum absolute atomic E-state index is 0.118. The van der Waals surface area contributed by atoms with Gasteiger partial charge in [0.25, 0.3) is 0 Å². The molecule has 0 aromatic heterocycles. The molecule has 0 saturated carbocycles. The molecule has 0 aromatic rings. The highest BCUT2D eigenvalue weighted by atomic mass is 16.6. The van der Waals surface area contributed by atoms with Crippen LogP contribution in [-0.4, -0.2) is 37.2 Å². The molecule has 79 heavy (non-hydrogen) atoms. The normalized spacial score (nSPS) is 13.2. The molecule has 0 aliphatic heterocycles. The standard InChI is InChI=1S/C73H116O6/c1-4-7-10-13-16-19-22-25-28-31-33-35-36-38-39-42-45-48-51-54-57-60-63-66-72(75)78-69-70(68-77-71(74)65-62-59-56-53-50-47-44-41-30-27-24-21-18-15-12-9-6-3)79-73(76)67-64-61-58-55-52-49-46-43-40-37-34-32-29-26-23-20-17-14-11-8-5-2/h7-8,10-11,16-17,19-20,25-26,28-29,33-35,37-39,43,45-46,48,52,54-55,57,70H,4-6,9,12-15,18,21-24,27,30-32,36,40-42,44,47,49-51,53,56,58-69H2,1-3H3/b10-7-,11-8-,19-16-,20-17-,28-25-,29-26-,35-33-,37-34-,39-38-,46-43-,48-45-,55-52-,57-54-. The maximum absolute atomic E-state index is 12.9. The Hall–Kier alpha value is -4.97. The lowest BCUT2D eigenvalue weighted by molar-refractivity contribution is -0.167.